The van der Waals surface area contributed by atoms with Crippen molar-refractivity contribution in [1.29, 1.82) is 0 Å². The van der Waals surface area contributed by atoms with Crippen molar-refractivity contribution >= 4 is 23.2 Å². The lowest BCUT2D eigenvalue weighted by Crippen LogP contribution is -2.26. The second kappa shape index (κ2) is 37.8. The Morgan fingerprint density at radius 2 is 0.689 bits per heavy atom. The van der Waals surface area contributed by atoms with Crippen molar-refractivity contribution in [3.05, 3.63) is 0 Å². The molecule has 45 heavy (non-hydrogen) atoms. The molecule has 0 aromatic heterocycles. The van der Waals surface area contributed by atoms with E-state index >= 15 is 0 Å². The van der Waals surface area contributed by atoms with Crippen LogP contribution in [0, 0.1) is 0 Å². The number of aliphatic hydroxyl groups is 1. The second-order valence-electron chi connectivity index (χ2n) is 13.7. The number of unbranched alkanes of at least 4 members (excludes halogenated alkanes) is 30. The summed E-state index contributed by atoms with van der Waals surface area (Å²) in [6.07, 6.45) is 41.3. The molecular formula is C40H78O4S. The zero-order valence-corrected chi connectivity index (χ0v) is 31.2. The van der Waals surface area contributed by atoms with Crippen LogP contribution >= 0.6 is 12.2 Å². The molecule has 0 spiro atoms. The number of thiocarbonyl (C=S) groups is 1. The van der Waals surface area contributed by atoms with E-state index in [1.807, 2.05) is 0 Å². The highest BCUT2D eigenvalue weighted by Gasteiger charge is 2.19. The van der Waals surface area contributed by atoms with Crippen molar-refractivity contribution in [2.75, 3.05) is 13.2 Å². The highest BCUT2D eigenvalue weighted by molar-refractivity contribution is 7.80. The fourth-order valence-corrected chi connectivity index (χ4v) is 6.30. The van der Waals surface area contributed by atoms with Crippen LogP contribution in [-0.4, -0.2) is 35.4 Å². The summed E-state index contributed by atoms with van der Waals surface area (Å²) in [4.78, 5) is 12.1. The average molecular weight is 655 g/mol. The minimum absolute atomic E-state index is 0.0476. The number of carbonyl (C=O) groups excluding carboxylic acids is 1. The number of aliphatic hydroxyl groups excluding tert-OH is 1. The summed E-state index contributed by atoms with van der Waals surface area (Å²) in [5.74, 6) is -0.579. The summed E-state index contributed by atoms with van der Waals surface area (Å²) >= 11 is 5.23. The summed E-state index contributed by atoms with van der Waals surface area (Å²) in [5.41, 5.74) is 0. The van der Waals surface area contributed by atoms with Crippen LogP contribution in [-0.2, 0) is 14.3 Å². The van der Waals surface area contributed by atoms with E-state index in [1.54, 1.807) is 0 Å². The van der Waals surface area contributed by atoms with E-state index in [0.29, 0.717) is 18.3 Å². The van der Waals surface area contributed by atoms with Gasteiger partial charge < -0.3 is 14.6 Å². The van der Waals surface area contributed by atoms with Crippen molar-refractivity contribution in [2.45, 2.75) is 232 Å². The lowest BCUT2D eigenvalue weighted by molar-refractivity contribution is -0.153. The molecular weight excluding hydrogens is 577 g/mol. The Labute approximate surface area is 287 Å². The second-order valence-corrected chi connectivity index (χ2v) is 14.2. The van der Waals surface area contributed by atoms with Crippen molar-refractivity contribution in [2.24, 2.45) is 0 Å². The Bertz CT molecular complexity index is 611. The topological polar surface area (TPSA) is 55.8 Å². The third-order valence-corrected chi connectivity index (χ3v) is 9.42. The minimum Gasteiger partial charge on any atom is -0.487 e. The Balaban J connectivity index is 3.38. The maximum atomic E-state index is 12.1. The lowest BCUT2D eigenvalue weighted by atomic mass is 10.0. The molecule has 0 heterocycles. The SMILES string of the molecule is CCCCCCCCCCCCCCCCCCOC(=O)C(O)CC(=S)OCCCCCCCCCCCCCCCCCC. The maximum absolute atomic E-state index is 12.1. The zero-order chi connectivity index (χ0) is 32.9. The van der Waals surface area contributed by atoms with Gasteiger partial charge in [-0.1, -0.05) is 206 Å². The molecule has 0 bridgehead atoms. The van der Waals surface area contributed by atoms with Crippen molar-refractivity contribution in [3.8, 4) is 0 Å². The van der Waals surface area contributed by atoms with Crippen LogP contribution in [0.4, 0.5) is 0 Å². The van der Waals surface area contributed by atoms with Crippen molar-refractivity contribution < 1.29 is 19.4 Å². The molecule has 0 rings (SSSR count). The number of hydrogen-bond donors (Lipinski definition) is 1. The monoisotopic (exact) mass is 655 g/mol. The molecule has 5 heteroatoms. The number of carbonyl (C=O) groups is 1. The van der Waals surface area contributed by atoms with Gasteiger partial charge in [0.1, 0.15) is 0 Å². The molecule has 0 aliphatic rings. The predicted octanol–water partition coefficient (Wildman–Crippen LogP) is 13.1. The van der Waals surface area contributed by atoms with Crippen LogP contribution in [0.1, 0.15) is 226 Å². The molecule has 0 saturated carbocycles. The van der Waals surface area contributed by atoms with Crippen LogP contribution in [0.5, 0.6) is 0 Å². The van der Waals surface area contributed by atoms with Crippen molar-refractivity contribution in [1.82, 2.24) is 0 Å². The number of hydrogen-bond acceptors (Lipinski definition) is 5. The van der Waals surface area contributed by atoms with Crippen LogP contribution < -0.4 is 0 Å². The molecule has 0 amide bonds. The van der Waals surface area contributed by atoms with E-state index in [-0.39, 0.29) is 6.42 Å². The van der Waals surface area contributed by atoms with Crippen LogP contribution in [0.15, 0.2) is 0 Å². The van der Waals surface area contributed by atoms with E-state index in [9.17, 15) is 9.90 Å². The first-order chi connectivity index (χ1) is 22.1. The normalized spacial score (nSPS) is 12.0. The molecule has 0 aromatic rings. The predicted molar refractivity (Wildman–Crippen MR) is 199 cm³/mol. The Kier molecular flexibility index (Phi) is 37.2. The Hall–Kier alpha value is -0.680. The quantitative estimate of drug-likeness (QED) is 0.0410. The van der Waals surface area contributed by atoms with Crippen LogP contribution in [0.2, 0.25) is 0 Å². The van der Waals surface area contributed by atoms with Gasteiger partial charge in [-0.25, -0.2) is 4.79 Å². The standard InChI is InChI=1S/C40H78O4S/c1-3-5-7-9-11-13-15-17-19-21-23-25-27-29-31-33-35-43-39(45)37-38(41)40(42)44-36-34-32-30-28-26-24-22-20-18-16-14-12-10-8-6-4-2/h38,41H,3-37H2,1-2H3. The van der Waals surface area contributed by atoms with E-state index in [4.69, 9.17) is 21.7 Å². The molecule has 1 atom stereocenters. The molecule has 0 aliphatic heterocycles. The summed E-state index contributed by atoms with van der Waals surface area (Å²) in [7, 11) is 0. The van der Waals surface area contributed by atoms with Gasteiger partial charge in [-0.15, -0.1) is 0 Å². The fraction of sp³-hybridized carbons (Fsp3) is 0.950. The maximum Gasteiger partial charge on any atom is 0.335 e. The molecule has 1 N–H and O–H groups in total. The molecule has 0 radical (unpaired) electrons. The van der Waals surface area contributed by atoms with Gasteiger partial charge in [0.2, 0.25) is 0 Å². The van der Waals surface area contributed by atoms with Crippen molar-refractivity contribution in [3.63, 3.8) is 0 Å². The summed E-state index contributed by atoms with van der Waals surface area (Å²) < 4.78 is 10.8. The third-order valence-electron chi connectivity index (χ3n) is 9.14. The van der Waals surface area contributed by atoms with Gasteiger partial charge >= 0.3 is 5.97 Å². The lowest BCUT2D eigenvalue weighted by Gasteiger charge is -2.12. The molecule has 268 valence electrons. The first-order valence-corrected chi connectivity index (χ1v) is 20.5. The van der Waals surface area contributed by atoms with Gasteiger partial charge in [-0.2, -0.15) is 0 Å². The summed E-state index contributed by atoms with van der Waals surface area (Å²) in [5, 5.41) is 10.4. The Morgan fingerprint density at radius 3 is 0.978 bits per heavy atom. The minimum atomic E-state index is -1.22. The van der Waals surface area contributed by atoms with Gasteiger partial charge in [0.25, 0.3) is 0 Å². The number of ether oxygens (including phenoxy) is 2. The number of esters is 1. The molecule has 0 aromatic carbocycles. The summed E-state index contributed by atoms with van der Waals surface area (Å²) in [6.45, 7) is 5.50. The molecule has 0 aliphatic carbocycles. The Morgan fingerprint density at radius 1 is 0.444 bits per heavy atom. The zero-order valence-electron chi connectivity index (χ0n) is 30.4. The van der Waals surface area contributed by atoms with Gasteiger partial charge in [0.05, 0.1) is 19.6 Å². The third kappa shape index (κ3) is 36.0. The fourth-order valence-electron chi connectivity index (χ4n) is 6.06. The molecule has 0 fully saturated rings. The van der Waals surface area contributed by atoms with E-state index in [1.165, 1.54) is 180 Å². The van der Waals surface area contributed by atoms with E-state index in [2.05, 4.69) is 13.8 Å². The van der Waals surface area contributed by atoms with Gasteiger partial charge in [0.15, 0.2) is 11.2 Å². The average Bonchev–Trinajstić information content (AvgIpc) is 3.03. The highest BCUT2D eigenvalue weighted by Crippen LogP contribution is 2.15. The van der Waals surface area contributed by atoms with E-state index in [0.717, 1.165) is 25.7 Å². The van der Waals surface area contributed by atoms with Crippen LogP contribution in [0.25, 0.3) is 0 Å². The largest absolute Gasteiger partial charge is 0.487 e. The van der Waals surface area contributed by atoms with Gasteiger partial charge in [-0.3, -0.25) is 0 Å². The first kappa shape index (κ1) is 44.3. The smallest absolute Gasteiger partial charge is 0.335 e. The molecule has 0 saturated heterocycles. The van der Waals surface area contributed by atoms with Crippen LogP contribution in [0.3, 0.4) is 0 Å². The van der Waals surface area contributed by atoms with Gasteiger partial charge in [0, 0.05) is 0 Å². The van der Waals surface area contributed by atoms with E-state index < -0.39 is 12.1 Å². The van der Waals surface area contributed by atoms with Gasteiger partial charge in [-0.05, 0) is 25.1 Å². The molecule has 4 nitrogen and oxygen atoms in total. The molecule has 1 unspecified atom stereocenters. The first-order valence-electron chi connectivity index (χ1n) is 20.1. The summed E-state index contributed by atoms with van der Waals surface area (Å²) in [6, 6.07) is 0. The highest BCUT2D eigenvalue weighted by atomic mass is 32.1. The number of rotatable bonds is 37.